The third-order valence-corrected chi connectivity index (χ3v) is 3.76. The fraction of sp³-hybridized carbons (Fsp3) is 0.571. The molecule has 0 aromatic heterocycles. The van der Waals surface area contributed by atoms with Gasteiger partial charge in [0.05, 0.1) is 4.92 Å². The summed E-state index contributed by atoms with van der Waals surface area (Å²) in [4.78, 5) is 10.7. The van der Waals surface area contributed by atoms with Crippen LogP contribution in [0.3, 0.4) is 0 Å². The molecule has 0 saturated carbocycles. The molecule has 1 aromatic rings. The van der Waals surface area contributed by atoms with Gasteiger partial charge in [-0.15, -0.1) is 0 Å². The second-order valence-electron chi connectivity index (χ2n) is 5.55. The van der Waals surface area contributed by atoms with Crippen molar-refractivity contribution in [2.75, 3.05) is 25.1 Å². The smallest absolute Gasteiger partial charge is 0.292 e. The lowest BCUT2D eigenvalue weighted by Crippen LogP contribution is -2.33. The first-order valence-electron chi connectivity index (χ1n) is 6.57. The van der Waals surface area contributed by atoms with Crippen LogP contribution in [0.2, 0.25) is 0 Å². The molecule has 1 aliphatic heterocycles. The van der Waals surface area contributed by atoms with Crippen molar-refractivity contribution < 1.29 is 9.66 Å². The van der Waals surface area contributed by atoms with Gasteiger partial charge in [-0.2, -0.15) is 0 Å². The number of nitro groups is 1. The Balaban J connectivity index is 2.08. The summed E-state index contributed by atoms with van der Waals surface area (Å²) < 4.78 is 5.36. The number of hydrogen-bond donors (Lipinski definition) is 1. The monoisotopic (exact) mass is 264 g/mol. The van der Waals surface area contributed by atoms with E-state index >= 15 is 0 Å². The molecule has 2 rings (SSSR count). The highest BCUT2D eigenvalue weighted by Crippen LogP contribution is 2.32. The molecule has 0 spiro atoms. The molecule has 1 heterocycles. The number of benzene rings is 1. The van der Waals surface area contributed by atoms with Crippen molar-refractivity contribution in [1.29, 1.82) is 0 Å². The number of anilines is 1. The van der Waals surface area contributed by atoms with E-state index in [4.69, 9.17) is 4.74 Å². The molecule has 0 bridgehead atoms. The summed E-state index contributed by atoms with van der Waals surface area (Å²) in [6.07, 6.45) is 1.97. The van der Waals surface area contributed by atoms with E-state index < -0.39 is 0 Å². The largest absolute Gasteiger partial charge is 0.381 e. The number of aryl methyl sites for hydroxylation is 1. The Morgan fingerprint density at radius 2 is 2.11 bits per heavy atom. The molecule has 1 N–H and O–H groups in total. The van der Waals surface area contributed by atoms with Gasteiger partial charge in [0, 0.05) is 25.8 Å². The van der Waals surface area contributed by atoms with Crippen molar-refractivity contribution in [3.8, 4) is 0 Å². The Kier molecular flexibility index (Phi) is 4.04. The van der Waals surface area contributed by atoms with Gasteiger partial charge >= 0.3 is 0 Å². The Bertz CT molecular complexity index is 468. The van der Waals surface area contributed by atoms with Gasteiger partial charge in [0.25, 0.3) is 5.69 Å². The van der Waals surface area contributed by atoms with Crippen molar-refractivity contribution in [2.24, 2.45) is 5.41 Å². The van der Waals surface area contributed by atoms with Gasteiger partial charge in [0.2, 0.25) is 0 Å². The summed E-state index contributed by atoms with van der Waals surface area (Å²) in [5.41, 5.74) is 1.80. The molecule has 5 heteroatoms. The van der Waals surface area contributed by atoms with Gasteiger partial charge in [-0.3, -0.25) is 10.1 Å². The minimum Gasteiger partial charge on any atom is -0.381 e. The lowest BCUT2D eigenvalue weighted by molar-refractivity contribution is -0.384. The third kappa shape index (κ3) is 3.44. The highest BCUT2D eigenvalue weighted by molar-refractivity contribution is 5.62. The quantitative estimate of drug-likeness (QED) is 0.670. The summed E-state index contributed by atoms with van der Waals surface area (Å²) >= 11 is 0. The van der Waals surface area contributed by atoms with Crippen molar-refractivity contribution in [3.05, 3.63) is 33.9 Å². The minimum atomic E-state index is -0.332. The first kappa shape index (κ1) is 13.8. The maximum atomic E-state index is 11.1. The molecule has 1 aromatic carbocycles. The van der Waals surface area contributed by atoms with Gasteiger partial charge in [0.1, 0.15) is 5.69 Å². The topological polar surface area (TPSA) is 64.4 Å². The minimum absolute atomic E-state index is 0.149. The van der Waals surface area contributed by atoms with Crippen LogP contribution in [0.5, 0.6) is 0 Å². The van der Waals surface area contributed by atoms with Crippen LogP contribution in [-0.4, -0.2) is 24.7 Å². The molecule has 0 radical (unpaired) electrons. The molecule has 19 heavy (non-hydrogen) atoms. The average Bonchev–Trinajstić information content (AvgIpc) is 2.38. The lowest BCUT2D eigenvalue weighted by atomic mass is 9.82. The number of ether oxygens (including phenoxy) is 1. The average molecular weight is 264 g/mol. The van der Waals surface area contributed by atoms with E-state index in [9.17, 15) is 10.1 Å². The van der Waals surface area contributed by atoms with Crippen LogP contribution < -0.4 is 5.32 Å². The van der Waals surface area contributed by atoms with E-state index in [1.54, 1.807) is 12.1 Å². The van der Waals surface area contributed by atoms with E-state index in [1.807, 2.05) is 13.0 Å². The molecule has 0 amide bonds. The maximum Gasteiger partial charge on any atom is 0.292 e. The predicted octanol–water partition coefficient (Wildman–Crippen LogP) is 3.13. The van der Waals surface area contributed by atoms with Crippen LogP contribution in [0.4, 0.5) is 11.4 Å². The molecule has 1 aliphatic rings. The van der Waals surface area contributed by atoms with Gasteiger partial charge in [0.15, 0.2) is 0 Å². The summed E-state index contributed by atoms with van der Waals surface area (Å²) in [6, 6.07) is 5.28. The third-order valence-electron chi connectivity index (χ3n) is 3.76. The number of hydrogen-bond acceptors (Lipinski definition) is 4. The summed E-state index contributed by atoms with van der Waals surface area (Å²) in [5.74, 6) is 0. The number of nitrogens with zero attached hydrogens (tertiary/aromatic N) is 1. The first-order valence-corrected chi connectivity index (χ1v) is 6.57. The van der Waals surface area contributed by atoms with Crippen molar-refractivity contribution >= 4 is 11.4 Å². The normalized spacial score (nSPS) is 18.0. The summed E-state index contributed by atoms with van der Waals surface area (Å²) in [5, 5.41) is 14.3. The highest BCUT2D eigenvalue weighted by Gasteiger charge is 2.27. The molecular weight excluding hydrogens is 244 g/mol. The Morgan fingerprint density at radius 3 is 2.74 bits per heavy atom. The van der Waals surface area contributed by atoms with Crippen LogP contribution in [0.25, 0.3) is 0 Å². The van der Waals surface area contributed by atoms with Crippen LogP contribution in [0.15, 0.2) is 18.2 Å². The summed E-state index contributed by atoms with van der Waals surface area (Å²) in [7, 11) is 0. The van der Waals surface area contributed by atoms with Crippen LogP contribution >= 0.6 is 0 Å². The van der Waals surface area contributed by atoms with E-state index in [1.165, 1.54) is 0 Å². The molecule has 0 atom stereocenters. The Hall–Kier alpha value is -1.62. The van der Waals surface area contributed by atoms with E-state index in [-0.39, 0.29) is 16.0 Å². The Morgan fingerprint density at radius 1 is 1.42 bits per heavy atom. The standard InChI is InChI=1S/C14H20N2O3/c1-11-3-4-12(13(9-11)16(17)18)15-10-14(2)5-7-19-8-6-14/h3-4,9,15H,5-8,10H2,1-2H3. The molecule has 104 valence electrons. The predicted molar refractivity (Wildman–Crippen MR) is 74.5 cm³/mol. The van der Waals surface area contributed by atoms with Gasteiger partial charge in [-0.05, 0) is 36.8 Å². The zero-order valence-corrected chi connectivity index (χ0v) is 11.4. The second kappa shape index (κ2) is 5.57. The zero-order chi connectivity index (χ0) is 13.9. The van der Waals surface area contributed by atoms with Crippen molar-refractivity contribution in [2.45, 2.75) is 26.7 Å². The number of nitro benzene ring substituents is 1. The Labute approximate surface area is 113 Å². The summed E-state index contributed by atoms with van der Waals surface area (Å²) in [6.45, 7) is 6.34. The molecule has 1 saturated heterocycles. The van der Waals surface area contributed by atoms with Gasteiger partial charge in [-0.1, -0.05) is 13.0 Å². The van der Waals surface area contributed by atoms with Crippen LogP contribution in [0.1, 0.15) is 25.3 Å². The SMILES string of the molecule is Cc1ccc(NCC2(C)CCOCC2)c([N+](=O)[O-])c1. The van der Waals surface area contributed by atoms with Gasteiger partial charge in [-0.25, -0.2) is 0 Å². The maximum absolute atomic E-state index is 11.1. The van der Waals surface area contributed by atoms with Crippen LogP contribution in [-0.2, 0) is 4.74 Å². The first-order chi connectivity index (χ1) is 9.00. The van der Waals surface area contributed by atoms with Crippen molar-refractivity contribution in [3.63, 3.8) is 0 Å². The van der Waals surface area contributed by atoms with E-state index in [2.05, 4.69) is 12.2 Å². The highest BCUT2D eigenvalue weighted by atomic mass is 16.6. The zero-order valence-electron chi connectivity index (χ0n) is 11.4. The number of nitrogens with one attached hydrogen (secondary N) is 1. The van der Waals surface area contributed by atoms with Gasteiger partial charge < -0.3 is 10.1 Å². The second-order valence-corrected chi connectivity index (χ2v) is 5.55. The fourth-order valence-corrected chi connectivity index (χ4v) is 2.29. The van der Waals surface area contributed by atoms with Crippen molar-refractivity contribution in [1.82, 2.24) is 0 Å². The van der Waals surface area contributed by atoms with Crippen LogP contribution in [0, 0.1) is 22.5 Å². The lowest BCUT2D eigenvalue weighted by Gasteiger charge is -2.33. The van der Waals surface area contributed by atoms with E-state index in [0.29, 0.717) is 5.69 Å². The molecule has 0 aliphatic carbocycles. The number of rotatable bonds is 4. The molecule has 0 unspecified atom stereocenters. The molecule has 5 nitrogen and oxygen atoms in total. The molecule has 1 fully saturated rings. The fourth-order valence-electron chi connectivity index (χ4n) is 2.29. The molecular formula is C14H20N2O3. The van der Waals surface area contributed by atoms with E-state index in [0.717, 1.165) is 38.2 Å².